The van der Waals surface area contributed by atoms with Crippen LogP contribution in [-0.4, -0.2) is 112 Å². The minimum absolute atomic E-state index is 0.0179. The fourth-order valence-corrected chi connectivity index (χ4v) is 5.46. The van der Waals surface area contributed by atoms with Crippen molar-refractivity contribution >= 4 is 11.0 Å². The summed E-state index contributed by atoms with van der Waals surface area (Å²) in [5, 5.41) is 81.8. The number of benzene rings is 3. The fourth-order valence-electron chi connectivity index (χ4n) is 5.46. The first-order valence-electron chi connectivity index (χ1n) is 14.8. The third kappa shape index (κ3) is 7.02. The van der Waals surface area contributed by atoms with Gasteiger partial charge >= 0.3 is 0 Å². The zero-order valence-electron chi connectivity index (χ0n) is 26.4. The van der Waals surface area contributed by atoms with Gasteiger partial charge in [0.2, 0.25) is 5.75 Å². The monoisotopic (exact) mass is 688 g/mol. The number of hydrogen-bond donors (Lipinski definition) is 8. The number of phenols is 3. The summed E-state index contributed by atoms with van der Waals surface area (Å²) in [5.41, 5.74) is -0.175. The number of hydrogen-bond acceptors (Lipinski definition) is 16. The van der Waals surface area contributed by atoms with E-state index in [-0.39, 0.29) is 62.4 Å². The molecule has 2 heterocycles. The van der Waals surface area contributed by atoms with Crippen LogP contribution in [0.1, 0.15) is 11.7 Å². The van der Waals surface area contributed by atoms with Crippen molar-refractivity contribution in [3.63, 3.8) is 0 Å². The summed E-state index contributed by atoms with van der Waals surface area (Å²) in [7, 11) is 3.95. The standard InChI is InChI=1S/C33H36O16/c1-43-21-6-14(4-5-17(21)37)31(49-33-30(42)29(41)28(40)25(12-34)48-33)26(13-35)47-32-23(44-2)7-15(8-24(32)45-3)20-11-19(39)27-18(38)9-16(36)10-22(27)46-20/h4-11,25-26,28-31,33-38,40-42H,12-13H2,1-3H3/t25-,26-,28-,29+,30-,31-,33+/m1/s1. The Morgan fingerprint density at radius 1 is 0.796 bits per heavy atom. The molecule has 0 radical (unpaired) electrons. The molecule has 0 aliphatic carbocycles. The quantitative estimate of drug-likeness (QED) is 0.103. The Bertz CT molecular complexity index is 1810. The minimum Gasteiger partial charge on any atom is -0.508 e. The summed E-state index contributed by atoms with van der Waals surface area (Å²) in [6.45, 7) is -1.46. The highest BCUT2D eigenvalue weighted by Gasteiger charge is 2.46. The molecule has 1 saturated heterocycles. The van der Waals surface area contributed by atoms with Crippen LogP contribution in [0.4, 0.5) is 0 Å². The maximum atomic E-state index is 12.9. The molecule has 3 aromatic carbocycles. The second-order valence-electron chi connectivity index (χ2n) is 11.0. The molecule has 0 spiro atoms. The summed E-state index contributed by atoms with van der Waals surface area (Å²) in [5.74, 6) is -0.960. The second-order valence-corrected chi connectivity index (χ2v) is 11.0. The number of ether oxygens (including phenoxy) is 6. The van der Waals surface area contributed by atoms with Crippen molar-refractivity contribution in [3.8, 4) is 51.6 Å². The summed E-state index contributed by atoms with van der Waals surface area (Å²) in [6, 6.07) is 10.3. The SMILES string of the molecule is COc1cc([C@@H](O[C@@H]2O[C@H](CO)[C@@H](O)[C@H](O)[C@H]2O)[C@@H](CO)Oc2c(OC)cc(-c3cc(=O)c4c(O)cc(O)cc4o3)cc2OC)ccc1O. The van der Waals surface area contributed by atoms with Crippen molar-refractivity contribution in [3.05, 3.63) is 64.3 Å². The van der Waals surface area contributed by atoms with Gasteiger partial charge in [0, 0.05) is 23.8 Å². The highest BCUT2D eigenvalue weighted by molar-refractivity contribution is 5.86. The Kier molecular flexibility index (Phi) is 10.7. The molecule has 1 aliphatic heterocycles. The van der Waals surface area contributed by atoms with Gasteiger partial charge in [0.25, 0.3) is 0 Å². The summed E-state index contributed by atoms with van der Waals surface area (Å²) in [6.07, 6.45) is -10.9. The zero-order chi connectivity index (χ0) is 35.6. The van der Waals surface area contributed by atoms with Gasteiger partial charge in [-0.3, -0.25) is 4.79 Å². The van der Waals surface area contributed by atoms with Crippen LogP contribution in [0.5, 0.6) is 40.2 Å². The van der Waals surface area contributed by atoms with Gasteiger partial charge in [-0.1, -0.05) is 6.07 Å². The number of phenolic OH excluding ortho intramolecular Hbond substituents is 3. The van der Waals surface area contributed by atoms with Gasteiger partial charge < -0.3 is 73.7 Å². The van der Waals surface area contributed by atoms with Crippen LogP contribution in [0.15, 0.2) is 57.7 Å². The van der Waals surface area contributed by atoms with Crippen LogP contribution >= 0.6 is 0 Å². The van der Waals surface area contributed by atoms with Gasteiger partial charge in [-0.15, -0.1) is 0 Å². The van der Waals surface area contributed by atoms with Gasteiger partial charge in [-0.2, -0.15) is 0 Å². The van der Waals surface area contributed by atoms with Gasteiger partial charge in [0.05, 0.1) is 34.5 Å². The summed E-state index contributed by atoms with van der Waals surface area (Å²) < 4.78 is 40.1. The van der Waals surface area contributed by atoms with E-state index in [1.165, 1.54) is 57.7 Å². The van der Waals surface area contributed by atoms with Gasteiger partial charge in [-0.25, -0.2) is 0 Å². The number of fused-ring (bicyclic) bond motifs is 1. The highest BCUT2D eigenvalue weighted by Crippen LogP contribution is 2.44. The Morgan fingerprint density at radius 2 is 1.47 bits per heavy atom. The Morgan fingerprint density at radius 3 is 2.08 bits per heavy atom. The van der Waals surface area contributed by atoms with E-state index < -0.39 is 67.3 Å². The third-order valence-corrected chi connectivity index (χ3v) is 7.99. The normalized spacial score (nSPS) is 22.0. The van der Waals surface area contributed by atoms with Gasteiger partial charge in [0.15, 0.2) is 40.8 Å². The maximum Gasteiger partial charge on any atom is 0.204 e. The van der Waals surface area contributed by atoms with Crippen molar-refractivity contribution in [2.75, 3.05) is 34.5 Å². The van der Waals surface area contributed by atoms with Crippen molar-refractivity contribution in [1.82, 2.24) is 0 Å². The first kappa shape index (κ1) is 35.5. The molecule has 16 nitrogen and oxygen atoms in total. The first-order valence-corrected chi connectivity index (χ1v) is 14.8. The smallest absolute Gasteiger partial charge is 0.204 e. The molecule has 4 aromatic rings. The predicted molar refractivity (Wildman–Crippen MR) is 168 cm³/mol. The van der Waals surface area contributed by atoms with E-state index in [0.717, 1.165) is 12.1 Å². The number of aliphatic hydroxyl groups excluding tert-OH is 5. The molecular weight excluding hydrogens is 652 g/mol. The lowest BCUT2D eigenvalue weighted by Crippen LogP contribution is -2.59. The van der Waals surface area contributed by atoms with Crippen molar-refractivity contribution < 1.29 is 73.7 Å². The predicted octanol–water partition coefficient (Wildman–Crippen LogP) is 0.900. The molecule has 0 bridgehead atoms. The lowest BCUT2D eigenvalue weighted by Gasteiger charge is -2.41. The van der Waals surface area contributed by atoms with Crippen LogP contribution in [0, 0.1) is 0 Å². The molecule has 0 amide bonds. The Balaban J connectivity index is 1.56. The Labute approximate surface area is 278 Å². The number of rotatable bonds is 12. The molecule has 7 atom stereocenters. The molecule has 8 N–H and O–H groups in total. The van der Waals surface area contributed by atoms with Crippen molar-refractivity contribution in [2.24, 2.45) is 0 Å². The van der Waals surface area contributed by atoms with Crippen LogP contribution in [-0.2, 0) is 9.47 Å². The van der Waals surface area contributed by atoms with E-state index in [1.807, 2.05) is 0 Å². The molecule has 0 unspecified atom stereocenters. The third-order valence-electron chi connectivity index (χ3n) is 7.99. The second kappa shape index (κ2) is 14.8. The van der Waals surface area contributed by atoms with Crippen LogP contribution in [0.2, 0.25) is 0 Å². The average Bonchev–Trinajstić information content (AvgIpc) is 3.09. The molecule has 0 saturated carbocycles. The van der Waals surface area contributed by atoms with E-state index in [1.54, 1.807) is 0 Å². The minimum atomic E-state index is -1.80. The zero-order valence-corrected chi connectivity index (χ0v) is 26.4. The number of aromatic hydroxyl groups is 3. The van der Waals surface area contributed by atoms with Crippen LogP contribution in [0.3, 0.4) is 0 Å². The first-order chi connectivity index (χ1) is 23.4. The summed E-state index contributed by atoms with van der Waals surface area (Å²) in [4.78, 5) is 12.9. The van der Waals surface area contributed by atoms with E-state index in [9.17, 15) is 45.6 Å². The number of aliphatic hydroxyl groups is 5. The molecule has 16 heteroatoms. The number of methoxy groups -OCH3 is 3. The topological polar surface area (TPSA) is 247 Å². The van der Waals surface area contributed by atoms with Crippen molar-refractivity contribution in [2.45, 2.75) is 42.9 Å². The molecule has 1 aromatic heterocycles. The van der Waals surface area contributed by atoms with Crippen molar-refractivity contribution in [1.29, 1.82) is 0 Å². The average molecular weight is 689 g/mol. The lowest BCUT2D eigenvalue weighted by atomic mass is 9.98. The highest BCUT2D eigenvalue weighted by atomic mass is 16.7. The largest absolute Gasteiger partial charge is 0.508 e. The molecule has 5 rings (SSSR count). The van der Waals surface area contributed by atoms with Crippen LogP contribution < -0.4 is 24.4 Å². The van der Waals surface area contributed by atoms with Gasteiger partial charge in [-0.05, 0) is 29.8 Å². The van der Waals surface area contributed by atoms with E-state index in [0.29, 0.717) is 0 Å². The molecule has 1 aliphatic rings. The Hall–Kier alpha value is -4.81. The molecular formula is C33H36O16. The molecule has 264 valence electrons. The summed E-state index contributed by atoms with van der Waals surface area (Å²) >= 11 is 0. The van der Waals surface area contributed by atoms with E-state index in [2.05, 4.69) is 0 Å². The lowest BCUT2D eigenvalue weighted by molar-refractivity contribution is -0.318. The fraction of sp³-hybridized carbons (Fsp3) is 0.364. The maximum absolute atomic E-state index is 12.9. The van der Waals surface area contributed by atoms with E-state index in [4.69, 9.17) is 32.8 Å². The van der Waals surface area contributed by atoms with Gasteiger partial charge in [0.1, 0.15) is 58.7 Å². The molecule has 1 fully saturated rings. The molecule has 49 heavy (non-hydrogen) atoms. The van der Waals surface area contributed by atoms with E-state index >= 15 is 0 Å². The van der Waals surface area contributed by atoms with Crippen LogP contribution in [0.25, 0.3) is 22.3 Å².